The van der Waals surface area contributed by atoms with Gasteiger partial charge in [0.15, 0.2) is 0 Å². The Morgan fingerprint density at radius 2 is 2.00 bits per heavy atom. The molecule has 0 radical (unpaired) electrons. The molecule has 1 saturated heterocycles. The zero-order valence-electron chi connectivity index (χ0n) is 13.7. The largest absolute Gasteiger partial charge is 0.379 e. The average Bonchev–Trinajstić information content (AvgIpc) is 2.62. The van der Waals surface area contributed by atoms with E-state index in [4.69, 9.17) is 4.74 Å². The molecule has 2 aliphatic heterocycles. The van der Waals surface area contributed by atoms with E-state index in [0.717, 1.165) is 43.4 Å². The lowest BCUT2D eigenvalue weighted by Gasteiger charge is -2.29. The first-order valence-corrected chi connectivity index (χ1v) is 9.31. The van der Waals surface area contributed by atoms with E-state index >= 15 is 0 Å². The minimum absolute atomic E-state index is 0.00762. The normalized spacial score (nSPS) is 18.3. The average molecular weight is 349 g/mol. The van der Waals surface area contributed by atoms with Gasteiger partial charge in [-0.1, -0.05) is 12.1 Å². The SMILES string of the molecule is O=C(CCN1C(=O)CSc2ccccc21)NCCN1CCOCC1. The van der Waals surface area contributed by atoms with Crippen molar-refractivity contribution in [3.05, 3.63) is 24.3 Å². The molecule has 1 fully saturated rings. The number of hydrogen-bond acceptors (Lipinski definition) is 5. The van der Waals surface area contributed by atoms with E-state index in [-0.39, 0.29) is 11.8 Å². The van der Waals surface area contributed by atoms with Crippen molar-refractivity contribution in [2.45, 2.75) is 11.3 Å². The number of fused-ring (bicyclic) bond motifs is 1. The lowest BCUT2D eigenvalue weighted by molar-refractivity contribution is -0.121. The summed E-state index contributed by atoms with van der Waals surface area (Å²) in [6, 6.07) is 7.85. The van der Waals surface area contributed by atoms with Crippen molar-refractivity contribution < 1.29 is 14.3 Å². The molecule has 6 nitrogen and oxygen atoms in total. The molecule has 0 aromatic heterocycles. The minimum atomic E-state index is -0.00762. The third-order valence-corrected chi connectivity index (χ3v) is 5.27. The van der Waals surface area contributed by atoms with Gasteiger partial charge in [0.1, 0.15) is 0 Å². The molecule has 0 spiro atoms. The van der Waals surface area contributed by atoms with E-state index in [1.807, 2.05) is 24.3 Å². The number of morpholine rings is 1. The summed E-state index contributed by atoms with van der Waals surface area (Å²) in [4.78, 5) is 29.3. The van der Waals surface area contributed by atoms with Gasteiger partial charge >= 0.3 is 0 Å². The van der Waals surface area contributed by atoms with Gasteiger partial charge in [0, 0.05) is 44.0 Å². The first-order valence-electron chi connectivity index (χ1n) is 8.33. The summed E-state index contributed by atoms with van der Waals surface area (Å²) in [5.41, 5.74) is 0.917. The maximum atomic E-state index is 12.1. The van der Waals surface area contributed by atoms with Gasteiger partial charge in [-0.25, -0.2) is 0 Å². The molecule has 7 heteroatoms. The maximum absolute atomic E-state index is 12.1. The third kappa shape index (κ3) is 4.49. The zero-order valence-corrected chi connectivity index (χ0v) is 14.5. The first kappa shape index (κ1) is 17.3. The maximum Gasteiger partial charge on any atom is 0.237 e. The minimum Gasteiger partial charge on any atom is -0.379 e. The van der Waals surface area contributed by atoms with Gasteiger partial charge < -0.3 is 15.0 Å². The van der Waals surface area contributed by atoms with Crippen LogP contribution in [0.4, 0.5) is 5.69 Å². The Bertz CT molecular complexity index is 590. The van der Waals surface area contributed by atoms with Crippen LogP contribution < -0.4 is 10.2 Å². The van der Waals surface area contributed by atoms with Gasteiger partial charge in [-0.05, 0) is 12.1 Å². The van der Waals surface area contributed by atoms with Crippen molar-refractivity contribution >= 4 is 29.3 Å². The van der Waals surface area contributed by atoms with Crippen LogP contribution >= 0.6 is 11.8 Å². The molecule has 1 aromatic carbocycles. The molecule has 1 N–H and O–H groups in total. The van der Waals surface area contributed by atoms with Gasteiger partial charge in [0.2, 0.25) is 11.8 Å². The molecule has 2 aliphatic rings. The summed E-state index contributed by atoms with van der Waals surface area (Å²) >= 11 is 1.56. The van der Waals surface area contributed by atoms with Gasteiger partial charge in [-0.15, -0.1) is 11.8 Å². The summed E-state index contributed by atoms with van der Waals surface area (Å²) in [6.07, 6.45) is 0.327. The van der Waals surface area contributed by atoms with E-state index in [1.165, 1.54) is 0 Å². The van der Waals surface area contributed by atoms with E-state index in [1.54, 1.807) is 16.7 Å². The molecule has 0 unspecified atom stereocenters. The quantitative estimate of drug-likeness (QED) is 0.829. The van der Waals surface area contributed by atoms with Crippen LogP contribution in [0.25, 0.3) is 0 Å². The summed E-state index contributed by atoms with van der Waals surface area (Å²) in [7, 11) is 0. The molecule has 3 rings (SSSR count). The number of para-hydroxylation sites is 1. The summed E-state index contributed by atoms with van der Waals surface area (Å²) in [5, 5.41) is 2.94. The molecule has 130 valence electrons. The number of carbonyl (C=O) groups excluding carboxylic acids is 2. The Morgan fingerprint density at radius 3 is 2.83 bits per heavy atom. The van der Waals surface area contributed by atoms with Crippen LogP contribution in [0.1, 0.15) is 6.42 Å². The molecular weight excluding hydrogens is 326 g/mol. The number of hydrogen-bond donors (Lipinski definition) is 1. The van der Waals surface area contributed by atoms with Gasteiger partial charge in [-0.2, -0.15) is 0 Å². The van der Waals surface area contributed by atoms with Crippen molar-refractivity contribution in [1.29, 1.82) is 0 Å². The Kier molecular flexibility index (Phi) is 6.12. The molecule has 0 bridgehead atoms. The van der Waals surface area contributed by atoms with Crippen molar-refractivity contribution in [3.63, 3.8) is 0 Å². The highest BCUT2D eigenvalue weighted by Crippen LogP contribution is 2.34. The Hall–Kier alpha value is -1.57. The summed E-state index contributed by atoms with van der Waals surface area (Å²) < 4.78 is 5.30. The Morgan fingerprint density at radius 1 is 1.21 bits per heavy atom. The number of carbonyl (C=O) groups is 2. The molecule has 0 atom stereocenters. The smallest absolute Gasteiger partial charge is 0.237 e. The fraction of sp³-hybridized carbons (Fsp3) is 0.529. The van der Waals surface area contributed by atoms with E-state index < -0.39 is 0 Å². The first-order chi connectivity index (χ1) is 11.7. The second-order valence-corrected chi connectivity index (χ2v) is 6.87. The fourth-order valence-corrected chi connectivity index (χ4v) is 3.81. The van der Waals surface area contributed by atoms with E-state index in [2.05, 4.69) is 10.2 Å². The second kappa shape index (κ2) is 8.50. The molecule has 0 aliphatic carbocycles. The van der Waals surface area contributed by atoms with Crippen LogP contribution in [0.3, 0.4) is 0 Å². The third-order valence-electron chi connectivity index (χ3n) is 4.22. The summed E-state index contributed by atoms with van der Waals surface area (Å²) in [5.74, 6) is 0.502. The summed E-state index contributed by atoms with van der Waals surface area (Å²) in [6.45, 7) is 5.29. The zero-order chi connectivity index (χ0) is 16.8. The molecule has 24 heavy (non-hydrogen) atoms. The van der Waals surface area contributed by atoms with Crippen LogP contribution in [0.2, 0.25) is 0 Å². The van der Waals surface area contributed by atoms with Crippen molar-refractivity contribution in [3.8, 4) is 0 Å². The second-order valence-electron chi connectivity index (χ2n) is 5.86. The van der Waals surface area contributed by atoms with Crippen LogP contribution in [0.5, 0.6) is 0 Å². The van der Waals surface area contributed by atoms with Gasteiger partial charge in [0.05, 0.1) is 24.7 Å². The monoisotopic (exact) mass is 349 g/mol. The number of rotatable bonds is 6. The lowest BCUT2D eigenvalue weighted by Crippen LogP contribution is -2.42. The number of nitrogens with zero attached hydrogens (tertiary/aromatic N) is 2. The number of ether oxygens (including phenoxy) is 1. The molecular formula is C17H23N3O3S. The number of thioether (sulfide) groups is 1. The van der Waals surface area contributed by atoms with Crippen LogP contribution in [0.15, 0.2) is 29.2 Å². The molecule has 2 heterocycles. The highest BCUT2D eigenvalue weighted by atomic mass is 32.2. The lowest BCUT2D eigenvalue weighted by atomic mass is 10.2. The van der Waals surface area contributed by atoms with E-state index in [9.17, 15) is 9.59 Å². The van der Waals surface area contributed by atoms with E-state index in [0.29, 0.717) is 25.3 Å². The fourth-order valence-electron chi connectivity index (χ4n) is 2.88. The number of nitrogens with one attached hydrogen (secondary N) is 1. The topological polar surface area (TPSA) is 61.9 Å². The predicted molar refractivity (Wildman–Crippen MR) is 94.4 cm³/mol. The molecule has 2 amide bonds. The highest BCUT2D eigenvalue weighted by molar-refractivity contribution is 8.00. The predicted octanol–water partition coefficient (Wildman–Crippen LogP) is 0.964. The number of anilines is 1. The van der Waals surface area contributed by atoms with Crippen molar-refractivity contribution in [1.82, 2.24) is 10.2 Å². The number of benzene rings is 1. The van der Waals surface area contributed by atoms with Crippen LogP contribution in [0, 0.1) is 0 Å². The van der Waals surface area contributed by atoms with Gasteiger partial charge in [0.25, 0.3) is 0 Å². The standard InChI is InChI=1S/C17H23N3O3S/c21-16(18-6-8-19-9-11-23-12-10-19)5-7-20-14-3-1-2-4-15(14)24-13-17(20)22/h1-4H,5-13H2,(H,18,21). The number of amides is 2. The van der Waals surface area contributed by atoms with Gasteiger partial charge in [-0.3, -0.25) is 14.5 Å². The Labute approximate surface area is 146 Å². The van der Waals surface area contributed by atoms with Crippen LogP contribution in [-0.2, 0) is 14.3 Å². The van der Waals surface area contributed by atoms with Crippen LogP contribution in [-0.4, -0.2) is 68.4 Å². The highest BCUT2D eigenvalue weighted by Gasteiger charge is 2.24. The van der Waals surface area contributed by atoms with Crippen molar-refractivity contribution in [2.24, 2.45) is 0 Å². The Balaban J connectivity index is 1.43. The van der Waals surface area contributed by atoms with Crippen molar-refractivity contribution in [2.75, 3.05) is 56.6 Å². The molecule has 0 saturated carbocycles. The molecule has 1 aromatic rings.